The second-order valence-corrected chi connectivity index (χ2v) is 7.61. The zero-order chi connectivity index (χ0) is 24.5. The van der Waals surface area contributed by atoms with Gasteiger partial charge in [-0.3, -0.25) is 4.79 Å². The van der Waals surface area contributed by atoms with Gasteiger partial charge in [-0.25, -0.2) is 14.5 Å². The molecule has 0 radical (unpaired) electrons. The number of hydrogen-bond acceptors (Lipinski definition) is 7. The molecule has 2 aromatic heterocycles. The van der Waals surface area contributed by atoms with E-state index in [0.717, 1.165) is 24.2 Å². The summed E-state index contributed by atoms with van der Waals surface area (Å²) >= 11 is 0. The van der Waals surface area contributed by atoms with Crippen molar-refractivity contribution in [3.05, 3.63) is 71.2 Å². The van der Waals surface area contributed by atoms with Crippen LogP contribution in [0.4, 0.5) is 5.69 Å². The molecular weight excluding hydrogens is 436 g/mol. The molecule has 34 heavy (non-hydrogen) atoms. The lowest BCUT2D eigenvalue weighted by molar-refractivity contribution is -0.120. The van der Waals surface area contributed by atoms with Crippen molar-refractivity contribution in [2.45, 2.75) is 33.6 Å². The van der Waals surface area contributed by atoms with Crippen LogP contribution in [-0.4, -0.2) is 45.7 Å². The number of carbonyl (C=O) groups is 2. The number of aromatic nitrogens is 3. The van der Waals surface area contributed by atoms with Gasteiger partial charge in [0.2, 0.25) is 0 Å². The van der Waals surface area contributed by atoms with E-state index >= 15 is 0 Å². The fourth-order valence-electron chi connectivity index (χ4n) is 3.02. The molecule has 178 valence electrons. The number of amides is 1. The first-order chi connectivity index (χ1) is 16.4. The predicted octanol–water partition coefficient (Wildman–Crippen LogP) is 3.12. The van der Waals surface area contributed by atoms with Gasteiger partial charge < -0.3 is 20.6 Å². The smallest absolute Gasteiger partial charge is 0.338 e. The summed E-state index contributed by atoms with van der Waals surface area (Å²) in [6.45, 7) is 5.93. The first-order valence-corrected chi connectivity index (χ1v) is 10.9. The quantitative estimate of drug-likeness (QED) is 0.155. The number of rotatable bonds is 10. The molecule has 0 saturated heterocycles. The molecule has 10 nitrogen and oxygen atoms in total. The summed E-state index contributed by atoms with van der Waals surface area (Å²) in [7, 11) is 0. The average molecular weight is 465 g/mol. The number of aryl methyl sites for hydroxylation is 2. The maximum Gasteiger partial charge on any atom is 0.338 e. The number of ether oxygens (including phenoxy) is 1. The minimum absolute atomic E-state index is 0.0890. The molecule has 1 amide bonds. The van der Waals surface area contributed by atoms with Gasteiger partial charge in [0.05, 0.1) is 17.9 Å². The molecule has 0 atom stereocenters. The molecule has 3 aromatic rings. The van der Waals surface area contributed by atoms with Gasteiger partial charge in [-0.1, -0.05) is 18.5 Å². The average Bonchev–Trinajstić information content (AvgIpc) is 3.17. The Morgan fingerprint density at radius 2 is 1.85 bits per heavy atom. The van der Waals surface area contributed by atoms with Gasteiger partial charge in [0.25, 0.3) is 5.91 Å². The van der Waals surface area contributed by atoms with E-state index in [1.165, 1.54) is 0 Å². The Morgan fingerprint density at radius 3 is 2.47 bits per heavy atom. The van der Waals surface area contributed by atoms with E-state index in [1.54, 1.807) is 47.3 Å². The molecule has 0 aliphatic heterocycles. The Hall–Kier alpha value is -4.21. The highest BCUT2D eigenvalue weighted by Crippen LogP contribution is 2.12. The first-order valence-electron chi connectivity index (χ1n) is 10.9. The number of pyridine rings is 1. The van der Waals surface area contributed by atoms with Crippen molar-refractivity contribution in [2.24, 2.45) is 10.9 Å². The zero-order valence-electron chi connectivity index (χ0n) is 19.4. The van der Waals surface area contributed by atoms with Crippen LogP contribution >= 0.6 is 0 Å². The summed E-state index contributed by atoms with van der Waals surface area (Å²) in [5.74, 6) is -0.0708. The molecule has 10 heteroatoms. The molecule has 0 bridgehead atoms. The molecule has 2 heterocycles. The number of esters is 1. The number of carbonyl (C=O) groups excluding carboxylic acids is 2. The second-order valence-electron chi connectivity index (χ2n) is 7.61. The van der Waals surface area contributed by atoms with Crippen LogP contribution in [0.25, 0.3) is 5.82 Å². The minimum atomic E-state index is -0.423. The molecule has 0 saturated carbocycles. The second kappa shape index (κ2) is 11.6. The third-order valence-corrected chi connectivity index (χ3v) is 4.76. The molecule has 0 unspecified atom stereocenters. The number of amidine groups is 1. The van der Waals surface area contributed by atoms with Gasteiger partial charge in [-0.05, 0) is 62.7 Å². The van der Waals surface area contributed by atoms with E-state index in [0.29, 0.717) is 29.2 Å². The molecule has 3 N–H and O–H groups in total. The summed E-state index contributed by atoms with van der Waals surface area (Å²) in [6.07, 6.45) is 3.33. The van der Waals surface area contributed by atoms with Gasteiger partial charge in [0.1, 0.15) is 0 Å². The van der Waals surface area contributed by atoms with Crippen molar-refractivity contribution in [1.82, 2.24) is 14.8 Å². The number of anilines is 1. The van der Waals surface area contributed by atoms with Crippen LogP contribution in [0.2, 0.25) is 0 Å². The molecule has 0 spiro atoms. The van der Waals surface area contributed by atoms with Gasteiger partial charge in [0, 0.05) is 23.1 Å². The van der Waals surface area contributed by atoms with Crippen molar-refractivity contribution in [1.29, 1.82) is 0 Å². The van der Waals surface area contributed by atoms with Crippen LogP contribution in [0.1, 0.15) is 47.1 Å². The molecule has 1 aromatic carbocycles. The van der Waals surface area contributed by atoms with Gasteiger partial charge in [0.15, 0.2) is 18.3 Å². The number of nitrogens with one attached hydrogen (secondary N) is 1. The summed E-state index contributed by atoms with van der Waals surface area (Å²) in [5, 5.41) is 10.8. The standard InChI is InChI=1S/C24H28N6O4/c1-4-5-12-33-24(32)18-6-9-20(10-7-18)27-22(31)15-34-29-23(25)19-8-11-21(26-14-19)30-17(3)13-16(2)28-30/h6-11,13-14H,4-5,12,15H2,1-3H3,(H2,25,29)(H,27,31). The molecule has 0 fully saturated rings. The summed E-state index contributed by atoms with van der Waals surface area (Å²) in [4.78, 5) is 33.4. The van der Waals surface area contributed by atoms with Crippen molar-refractivity contribution in [3.63, 3.8) is 0 Å². The summed E-state index contributed by atoms with van der Waals surface area (Å²) < 4.78 is 6.89. The SMILES string of the molecule is CCCCOC(=O)c1ccc(NC(=O)CO/N=C(/N)c2ccc(-n3nc(C)cc3C)nc2)cc1. The Labute approximate surface area is 197 Å². The third kappa shape index (κ3) is 6.64. The fourth-order valence-corrected chi connectivity index (χ4v) is 3.02. The van der Waals surface area contributed by atoms with Crippen LogP contribution in [0.15, 0.2) is 53.8 Å². The highest BCUT2D eigenvalue weighted by atomic mass is 16.6. The Morgan fingerprint density at radius 1 is 1.12 bits per heavy atom. The highest BCUT2D eigenvalue weighted by molar-refractivity contribution is 5.97. The van der Waals surface area contributed by atoms with Crippen molar-refractivity contribution in [2.75, 3.05) is 18.5 Å². The highest BCUT2D eigenvalue weighted by Gasteiger charge is 2.09. The number of oxime groups is 1. The monoisotopic (exact) mass is 464 g/mol. The van der Waals surface area contributed by atoms with Crippen molar-refractivity contribution < 1.29 is 19.2 Å². The topological polar surface area (TPSA) is 134 Å². The van der Waals surface area contributed by atoms with E-state index in [2.05, 4.69) is 20.6 Å². The first kappa shape index (κ1) is 24.4. The van der Waals surface area contributed by atoms with Gasteiger partial charge >= 0.3 is 5.97 Å². The zero-order valence-corrected chi connectivity index (χ0v) is 19.4. The third-order valence-electron chi connectivity index (χ3n) is 4.76. The Balaban J connectivity index is 1.48. The fraction of sp³-hybridized carbons (Fsp3) is 0.292. The number of hydrogen-bond donors (Lipinski definition) is 2. The number of benzene rings is 1. The van der Waals surface area contributed by atoms with E-state index in [-0.39, 0.29) is 12.4 Å². The maximum atomic E-state index is 12.1. The van der Waals surface area contributed by atoms with Crippen LogP contribution in [0, 0.1) is 13.8 Å². The number of unbranched alkanes of at least 4 members (excludes halogenated alkanes) is 1. The largest absolute Gasteiger partial charge is 0.462 e. The van der Waals surface area contributed by atoms with Crippen molar-refractivity contribution in [3.8, 4) is 5.82 Å². The van der Waals surface area contributed by atoms with Gasteiger partial charge in [-0.15, -0.1) is 0 Å². The summed E-state index contributed by atoms with van der Waals surface area (Å²) in [5.41, 5.74) is 9.28. The lowest BCUT2D eigenvalue weighted by Gasteiger charge is -2.07. The van der Waals surface area contributed by atoms with Crippen LogP contribution in [0.3, 0.4) is 0 Å². The van der Waals surface area contributed by atoms with Crippen LogP contribution < -0.4 is 11.1 Å². The lowest BCUT2D eigenvalue weighted by atomic mass is 10.2. The van der Waals surface area contributed by atoms with E-state index in [4.69, 9.17) is 15.3 Å². The van der Waals surface area contributed by atoms with E-state index in [9.17, 15) is 9.59 Å². The molecule has 3 rings (SSSR count). The molecular formula is C24H28N6O4. The van der Waals surface area contributed by atoms with E-state index < -0.39 is 11.9 Å². The Kier molecular flexibility index (Phi) is 8.33. The van der Waals surface area contributed by atoms with E-state index in [1.807, 2.05) is 26.8 Å². The predicted molar refractivity (Wildman–Crippen MR) is 128 cm³/mol. The van der Waals surface area contributed by atoms with Crippen molar-refractivity contribution >= 4 is 23.4 Å². The molecule has 0 aliphatic rings. The number of nitrogens with zero attached hydrogens (tertiary/aromatic N) is 4. The normalized spacial score (nSPS) is 11.2. The van der Waals surface area contributed by atoms with Crippen LogP contribution in [-0.2, 0) is 14.4 Å². The Bertz CT molecular complexity index is 1150. The molecule has 0 aliphatic carbocycles. The summed E-state index contributed by atoms with van der Waals surface area (Å²) in [6, 6.07) is 11.9. The van der Waals surface area contributed by atoms with Gasteiger partial charge in [-0.2, -0.15) is 5.10 Å². The lowest BCUT2D eigenvalue weighted by Crippen LogP contribution is -2.19. The minimum Gasteiger partial charge on any atom is -0.462 e. The number of nitrogens with two attached hydrogens (primary N) is 1. The van der Waals surface area contributed by atoms with Crippen LogP contribution in [0.5, 0.6) is 0 Å². The maximum absolute atomic E-state index is 12.1.